The van der Waals surface area contributed by atoms with Gasteiger partial charge in [-0.3, -0.25) is 14.5 Å². The third-order valence-corrected chi connectivity index (χ3v) is 3.39. The molecule has 3 atom stereocenters. The minimum absolute atomic E-state index is 0.0782. The van der Waals surface area contributed by atoms with Gasteiger partial charge in [0, 0.05) is 0 Å². The van der Waals surface area contributed by atoms with Crippen molar-refractivity contribution in [3.63, 3.8) is 0 Å². The Labute approximate surface area is 101 Å². The number of ether oxygens (including phenoxy) is 1. The van der Waals surface area contributed by atoms with Crippen LogP contribution in [-0.2, 0) is 14.3 Å². The molecule has 2 aliphatic heterocycles. The molecule has 96 valence electrons. The second kappa shape index (κ2) is 4.38. The predicted octanol–water partition coefficient (Wildman–Crippen LogP) is 0.454. The first-order valence-electron chi connectivity index (χ1n) is 6.17. The molecule has 2 amide bonds. The van der Waals surface area contributed by atoms with Crippen LogP contribution in [0.1, 0.15) is 39.5 Å². The smallest absolute Gasteiger partial charge is 0.258 e. The normalized spacial score (nSPS) is 31.8. The van der Waals surface area contributed by atoms with Crippen molar-refractivity contribution in [2.45, 2.75) is 57.3 Å². The van der Waals surface area contributed by atoms with Crippen molar-refractivity contribution < 1.29 is 19.4 Å². The van der Waals surface area contributed by atoms with Crippen molar-refractivity contribution in [3.8, 4) is 0 Å². The van der Waals surface area contributed by atoms with Gasteiger partial charge >= 0.3 is 0 Å². The zero-order chi connectivity index (χ0) is 12.6. The van der Waals surface area contributed by atoms with Gasteiger partial charge in [-0.15, -0.1) is 0 Å². The molecule has 17 heavy (non-hydrogen) atoms. The number of β-amino-alcohol motifs (C(OH)–C–C–N with tert-alkyl or cyclic N) is 1. The number of nitrogens with zero attached hydrogens (tertiary/aromatic N) is 1. The predicted molar refractivity (Wildman–Crippen MR) is 60.1 cm³/mol. The number of carbonyl (C=O) groups is 2. The average molecular weight is 241 g/mol. The topological polar surface area (TPSA) is 66.8 Å². The molecule has 3 unspecified atom stereocenters. The van der Waals surface area contributed by atoms with Gasteiger partial charge in [0.1, 0.15) is 12.2 Å². The van der Waals surface area contributed by atoms with E-state index in [0.29, 0.717) is 19.3 Å². The highest BCUT2D eigenvalue weighted by Gasteiger charge is 2.47. The summed E-state index contributed by atoms with van der Waals surface area (Å²) in [5.41, 5.74) is -1.00. The molecule has 0 aromatic heterocycles. The van der Waals surface area contributed by atoms with Gasteiger partial charge in [-0.1, -0.05) is 13.3 Å². The quantitative estimate of drug-likeness (QED) is 0.726. The molecule has 5 nitrogen and oxygen atoms in total. The highest BCUT2D eigenvalue weighted by atomic mass is 16.5. The molecule has 0 aromatic rings. The van der Waals surface area contributed by atoms with E-state index >= 15 is 0 Å². The zero-order valence-electron chi connectivity index (χ0n) is 10.3. The van der Waals surface area contributed by atoms with E-state index < -0.39 is 17.8 Å². The number of amides is 2. The van der Waals surface area contributed by atoms with Gasteiger partial charge in [0.05, 0.1) is 12.1 Å². The number of imide groups is 1. The fourth-order valence-corrected chi connectivity index (χ4v) is 2.57. The Kier molecular flexibility index (Phi) is 3.23. The van der Waals surface area contributed by atoms with Crippen LogP contribution in [0.15, 0.2) is 0 Å². The first kappa shape index (κ1) is 12.5. The van der Waals surface area contributed by atoms with Crippen molar-refractivity contribution in [2.24, 2.45) is 0 Å². The van der Waals surface area contributed by atoms with Crippen LogP contribution in [0.2, 0.25) is 0 Å². The highest BCUT2D eigenvalue weighted by Crippen LogP contribution is 2.29. The average Bonchev–Trinajstić information content (AvgIpc) is 2.68. The van der Waals surface area contributed by atoms with Gasteiger partial charge in [0.2, 0.25) is 0 Å². The summed E-state index contributed by atoms with van der Waals surface area (Å²) in [6.07, 6.45) is 1.65. The van der Waals surface area contributed by atoms with Crippen molar-refractivity contribution >= 4 is 11.8 Å². The number of aliphatic hydroxyl groups is 1. The summed E-state index contributed by atoms with van der Waals surface area (Å²) in [7, 11) is 0. The molecule has 0 saturated carbocycles. The van der Waals surface area contributed by atoms with Crippen LogP contribution in [0.4, 0.5) is 0 Å². The minimum atomic E-state index is -1.00. The van der Waals surface area contributed by atoms with E-state index in [1.807, 2.05) is 6.92 Å². The summed E-state index contributed by atoms with van der Waals surface area (Å²) < 4.78 is 5.30. The van der Waals surface area contributed by atoms with Crippen LogP contribution in [0, 0.1) is 0 Å². The van der Waals surface area contributed by atoms with Crippen molar-refractivity contribution in [1.82, 2.24) is 4.90 Å². The van der Waals surface area contributed by atoms with Gasteiger partial charge in [-0.05, 0) is 26.2 Å². The zero-order valence-corrected chi connectivity index (χ0v) is 10.3. The number of hydrogen-bond acceptors (Lipinski definition) is 4. The summed E-state index contributed by atoms with van der Waals surface area (Å²) in [5.74, 6) is -0.583. The molecule has 0 aromatic carbocycles. The Morgan fingerprint density at radius 2 is 1.88 bits per heavy atom. The number of fused-ring (bicyclic) bond motifs is 2. The van der Waals surface area contributed by atoms with Crippen LogP contribution in [0.25, 0.3) is 0 Å². The Balaban J connectivity index is 2.10. The van der Waals surface area contributed by atoms with E-state index in [1.54, 1.807) is 6.92 Å². The van der Waals surface area contributed by atoms with E-state index in [4.69, 9.17) is 4.74 Å². The standard InChI is InChI=1S/C12H19NO4/c1-3-6-12(2,16)7-13-10(14)8-4-5-9(17-8)11(13)15/h8-9,16H,3-7H2,1-2H3. The Morgan fingerprint density at radius 1 is 1.35 bits per heavy atom. The molecule has 2 heterocycles. The SMILES string of the molecule is CCCC(C)(O)CN1C(=O)C2CCC(O2)C1=O. The molecular formula is C12H19NO4. The largest absolute Gasteiger partial charge is 0.388 e. The van der Waals surface area contributed by atoms with Crippen LogP contribution < -0.4 is 0 Å². The molecule has 0 aliphatic carbocycles. The Hall–Kier alpha value is -0.940. The maximum Gasteiger partial charge on any atom is 0.258 e. The molecule has 2 bridgehead atoms. The van der Waals surface area contributed by atoms with Crippen molar-refractivity contribution in [2.75, 3.05) is 6.54 Å². The van der Waals surface area contributed by atoms with Crippen LogP contribution in [0.5, 0.6) is 0 Å². The molecular weight excluding hydrogens is 222 g/mol. The third kappa shape index (κ3) is 2.35. The van der Waals surface area contributed by atoms with Gasteiger partial charge in [-0.25, -0.2) is 0 Å². The third-order valence-electron chi connectivity index (χ3n) is 3.39. The molecule has 0 spiro atoms. The van der Waals surface area contributed by atoms with Crippen LogP contribution in [0.3, 0.4) is 0 Å². The van der Waals surface area contributed by atoms with E-state index in [9.17, 15) is 14.7 Å². The summed E-state index contributed by atoms with van der Waals surface area (Å²) in [6, 6.07) is 0. The number of hydrogen-bond donors (Lipinski definition) is 1. The van der Waals surface area contributed by atoms with Crippen molar-refractivity contribution in [3.05, 3.63) is 0 Å². The monoisotopic (exact) mass is 241 g/mol. The fourth-order valence-electron chi connectivity index (χ4n) is 2.57. The van der Waals surface area contributed by atoms with Crippen LogP contribution >= 0.6 is 0 Å². The van der Waals surface area contributed by atoms with Crippen molar-refractivity contribution in [1.29, 1.82) is 0 Å². The number of likely N-dealkylation sites (tertiary alicyclic amines) is 1. The fraction of sp³-hybridized carbons (Fsp3) is 0.833. The molecule has 2 rings (SSSR count). The van der Waals surface area contributed by atoms with Crippen LogP contribution in [-0.4, -0.2) is 46.2 Å². The number of rotatable bonds is 4. The number of carbonyl (C=O) groups excluding carboxylic acids is 2. The maximum atomic E-state index is 11.9. The van der Waals surface area contributed by atoms with E-state index in [1.165, 1.54) is 4.90 Å². The first-order valence-corrected chi connectivity index (χ1v) is 6.17. The molecule has 2 fully saturated rings. The van der Waals surface area contributed by atoms with E-state index in [-0.39, 0.29) is 18.4 Å². The highest BCUT2D eigenvalue weighted by molar-refractivity contribution is 6.02. The van der Waals surface area contributed by atoms with E-state index in [0.717, 1.165) is 6.42 Å². The maximum absolute atomic E-state index is 11.9. The molecule has 2 aliphatic rings. The molecule has 2 saturated heterocycles. The van der Waals surface area contributed by atoms with Gasteiger partial charge in [0.15, 0.2) is 0 Å². The molecule has 0 radical (unpaired) electrons. The summed E-state index contributed by atoms with van der Waals surface area (Å²) in [6.45, 7) is 3.70. The van der Waals surface area contributed by atoms with E-state index in [2.05, 4.69) is 0 Å². The lowest BCUT2D eigenvalue weighted by molar-refractivity contribution is -0.172. The summed E-state index contributed by atoms with van der Waals surface area (Å²) in [5, 5.41) is 10.1. The lowest BCUT2D eigenvalue weighted by atomic mass is 9.99. The minimum Gasteiger partial charge on any atom is -0.388 e. The second-order valence-electron chi connectivity index (χ2n) is 5.20. The van der Waals surface area contributed by atoms with Gasteiger partial charge < -0.3 is 9.84 Å². The van der Waals surface area contributed by atoms with Gasteiger partial charge in [-0.2, -0.15) is 0 Å². The summed E-state index contributed by atoms with van der Waals surface area (Å²) in [4.78, 5) is 25.1. The Bertz CT molecular complexity index is 317. The molecule has 5 heteroatoms. The number of morpholine rings is 1. The Morgan fingerprint density at radius 3 is 2.35 bits per heavy atom. The molecule has 1 N–H and O–H groups in total. The summed E-state index contributed by atoms with van der Waals surface area (Å²) >= 11 is 0. The lowest BCUT2D eigenvalue weighted by Crippen LogP contribution is -2.56. The second-order valence-corrected chi connectivity index (χ2v) is 5.20. The van der Waals surface area contributed by atoms with Gasteiger partial charge in [0.25, 0.3) is 11.8 Å². The first-order chi connectivity index (χ1) is 7.94. The lowest BCUT2D eigenvalue weighted by Gasteiger charge is -2.35.